The number of fused-ring (bicyclic) bond motifs is 1. The van der Waals surface area contributed by atoms with Crippen LogP contribution >= 0.6 is 0 Å². The minimum atomic E-state index is -0.976. The smallest absolute Gasteiger partial charge is 0.225 e. The third kappa shape index (κ3) is 4.36. The number of carbonyl (C=O) groups excluding carboxylic acids is 1. The van der Waals surface area contributed by atoms with Gasteiger partial charge in [0.15, 0.2) is 11.6 Å². The molecule has 1 aliphatic rings. The number of aromatic amines is 1. The average Bonchev–Trinajstić information content (AvgIpc) is 3.18. The maximum atomic E-state index is 13.2. The number of H-pyrrole nitrogens is 1. The molecule has 7 heteroatoms. The number of aromatic nitrogens is 1. The van der Waals surface area contributed by atoms with E-state index in [9.17, 15) is 13.6 Å². The molecule has 1 amide bonds. The van der Waals surface area contributed by atoms with Crippen molar-refractivity contribution in [3.05, 3.63) is 65.9 Å². The molecule has 5 nitrogen and oxygen atoms in total. The first-order valence-corrected chi connectivity index (χ1v) is 9.85. The van der Waals surface area contributed by atoms with Crippen LogP contribution in [0.1, 0.15) is 18.4 Å². The molecule has 0 fully saturated rings. The van der Waals surface area contributed by atoms with Crippen molar-refractivity contribution in [3.8, 4) is 5.75 Å². The van der Waals surface area contributed by atoms with Gasteiger partial charge in [0.05, 0.1) is 7.11 Å². The van der Waals surface area contributed by atoms with E-state index in [1.165, 1.54) is 17.2 Å². The lowest BCUT2D eigenvalue weighted by Crippen LogP contribution is -2.31. The fourth-order valence-electron chi connectivity index (χ4n) is 3.71. The molecule has 0 saturated carbocycles. The van der Waals surface area contributed by atoms with Gasteiger partial charge in [-0.15, -0.1) is 0 Å². The van der Waals surface area contributed by atoms with Gasteiger partial charge < -0.3 is 15.0 Å². The topological polar surface area (TPSA) is 57.4 Å². The summed E-state index contributed by atoms with van der Waals surface area (Å²) in [6, 6.07) is 9.32. The van der Waals surface area contributed by atoms with Crippen LogP contribution in [0.3, 0.4) is 0 Å². The molecule has 4 rings (SSSR count). The normalized spacial score (nSPS) is 14.6. The molecular formula is C23H23F2N3O2. The van der Waals surface area contributed by atoms with E-state index in [1.54, 1.807) is 7.11 Å². The molecule has 0 saturated heterocycles. The number of ether oxygens (including phenoxy) is 1. The van der Waals surface area contributed by atoms with Crippen molar-refractivity contribution in [1.82, 2.24) is 9.88 Å². The van der Waals surface area contributed by atoms with Crippen LogP contribution in [0.4, 0.5) is 14.5 Å². The summed E-state index contributed by atoms with van der Waals surface area (Å²) in [4.78, 5) is 17.6. The number of anilines is 1. The van der Waals surface area contributed by atoms with Crippen LogP contribution in [0.5, 0.6) is 5.75 Å². The molecule has 156 valence electrons. The zero-order valence-corrected chi connectivity index (χ0v) is 16.7. The van der Waals surface area contributed by atoms with Crippen molar-refractivity contribution < 1.29 is 18.3 Å². The zero-order valence-electron chi connectivity index (χ0n) is 16.7. The van der Waals surface area contributed by atoms with E-state index < -0.39 is 11.6 Å². The summed E-state index contributed by atoms with van der Waals surface area (Å²) in [6.45, 7) is 2.20. The molecule has 2 heterocycles. The monoisotopic (exact) mass is 411 g/mol. The minimum Gasteiger partial charge on any atom is -0.497 e. The van der Waals surface area contributed by atoms with E-state index >= 15 is 0 Å². The molecule has 0 atom stereocenters. The molecule has 1 aliphatic heterocycles. The Labute approximate surface area is 173 Å². The van der Waals surface area contributed by atoms with Gasteiger partial charge in [-0.2, -0.15) is 0 Å². The van der Waals surface area contributed by atoms with Crippen molar-refractivity contribution in [1.29, 1.82) is 0 Å². The molecule has 3 aromatic rings. The van der Waals surface area contributed by atoms with E-state index in [1.807, 2.05) is 24.4 Å². The van der Waals surface area contributed by atoms with Gasteiger partial charge in [-0.1, -0.05) is 6.08 Å². The number of carbonyl (C=O) groups is 1. The summed E-state index contributed by atoms with van der Waals surface area (Å²) in [7, 11) is 1.66. The number of nitrogens with zero attached hydrogens (tertiary/aromatic N) is 1. The van der Waals surface area contributed by atoms with Crippen molar-refractivity contribution in [3.63, 3.8) is 0 Å². The van der Waals surface area contributed by atoms with Gasteiger partial charge in [0.25, 0.3) is 0 Å². The second kappa shape index (κ2) is 8.67. The van der Waals surface area contributed by atoms with Gasteiger partial charge in [0.1, 0.15) is 5.75 Å². The van der Waals surface area contributed by atoms with Crippen LogP contribution in [0.15, 0.2) is 48.7 Å². The van der Waals surface area contributed by atoms with Crippen LogP contribution in [-0.4, -0.2) is 42.5 Å². The van der Waals surface area contributed by atoms with Crippen LogP contribution in [0.25, 0.3) is 16.5 Å². The van der Waals surface area contributed by atoms with Gasteiger partial charge in [-0.05, 0) is 42.3 Å². The quantitative estimate of drug-likeness (QED) is 0.625. The second-order valence-corrected chi connectivity index (χ2v) is 7.32. The Morgan fingerprint density at radius 1 is 1.20 bits per heavy atom. The van der Waals surface area contributed by atoms with E-state index in [4.69, 9.17) is 4.74 Å². The SMILES string of the molecule is COc1ccc2[nH]cc(C3=CCN(CCC(=O)Nc4ccc(F)c(F)c4)CC3)c2c1. The molecule has 0 aliphatic carbocycles. The highest BCUT2D eigenvalue weighted by molar-refractivity contribution is 5.94. The molecule has 2 N–H and O–H groups in total. The maximum Gasteiger partial charge on any atom is 0.225 e. The maximum absolute atomic E-state index is 13.2. The second-order valence-electron chi connectivity index (χ2n) is 7.32. The Bertz CT molecular complexity index is 1110. The van der Waals surface area contributed by atoms with Gasteiger partial charge in [-0.25, -0.2) is 8.78 Å². The van der Waals surface area contributed by atoms with Crippen LogP contribution in [0, 0.1) is 11.6 Å². The predicted octanol–water partition coefficient (Wildman–Crippen LogP) is 4.57. The highest BCUT2D eigenvalue weighted by Crippen LogP contribution is 2.31. The van der Waals surface area contributed by atoms with E-state index in [0.717, 1.165) is 48.3 Å². The summed E-state index contributed by atoms with van der Waals surface area (Å²) in [6.07, 6.45) is 5.39. The number of amides is 1. The number of halogens is 2. The van der Waals surface area contributed by atoms with Gasteiger partial charge in [-0.3, -0.25) is 9.69 Å². The van der Waals surface area contributed by atoms with E-state index in [2.05, 4.69) is 21.3 Å². The third-order valence-electron chi connectivity index (χ3n) is 5.39. The molecule has 2 aromatic carbocycles. The third-order valence-corrected chi connectivity index (χ3v) is 5.39. The van der Waals surface area contributed by atoms with Gasteiger partial charge in [0, 0.05) is 60.5 Å². The Morgan fingerprint density at radius 2 is 2.07 bits per heavy atom. The number of methoxy groups -OCH3 is 1. The summed E-state index contributed by atoms with van der Waals surface area (Å²) in [5.74, 6) is -1.30. The first kappa shape index (κ1) is 20.1. The number of benzene rings is 2. The molecule has 0 radical (unpaired) electrons. The lowest BCUT2D eigenvalue weighted by atomic mass is 9.98. The summed E-state index contributed by atoms with van der Waals surface area (Å²) < 4.78 is 31.6. The Morgan fingerprint density at radius 3 is 2.80 bits per heavy atom. The molecular weight excluding hydrogens is 388 g/mol. The average molecular weight is 411 g/mol. The lowest BCUT2D eigenvalue weighted by Gasteiger charge is -2.26. The first-order chi connectivity index (χ1) is 14.5. The number of hydrogen-bond donors (Lipinski definition) is 2. The Hall–Kier alpha value is -3.19. The van der Waals surface area contributed by atoms with Crippen molar-refractivity contribution in [2.24, 2.45) is 0 Å². The van der Waals surface area contributed by atoms with Gasteiger partial charge in [0.2, 0.25) is 5.91 Å². The summed E-state index contributed by atoms with van der Waals surface area (Å²) in [5.41, 5.74) is 3.79. The molecule has 30 heavy (non-hydrogen) atoms. The summed E-state index contributed by atoms with van der Waals surface area (Å²) in [5, 5.41) is 3.75. The van der Waals surface area contributed by atoms with Crippen molar-refractivity contribution >= 4 is 28.1 Å². The summed E-state index contributed by atoms with van der Waals surface area (Å²) >= 11 is 0. The van der Waals surface area contributed by atoms with Crippen molar-refractivity contribution in [2.75, 3.05) is 32.1 Å². The largest absolute Gasteiger partial charge is 0.497 e. The fraction of sp³-hybridized carbons (Fsp3) is 0.261. The molecule has 1 aromatic heterocycles. The standard InChI is InChI=1S/C23H23F2N3O2/c1-30-17-3-5-22-18(13-17)19(14-26-22)15-6-9-28(10-7-15)11-8-23(29)27-16-2-4-20(24)21(25)12-16/h2-6,12-14,26H,7-11H2,1H3,(H,27,29). The fourth-order valence-corrected chi connectivity index (χ4v) is 3.71. The van der Waals surface area contributed by atoms with E-state index in [0.29, 0.717) is 6.54 Å². The van der Waals surface area contributed by atoms with Gasteiger partial charge >= 0.3 is 0 Å². The first-order valence-electron chi connectivity index (χ1n) is 9.85. The molecule has 0 spiro atoms. The number of nitrogens with one attached hydrogen (secondary N) is 2. The highest BCUT2D eigenvalue weighted by Gasteiger charge is 2.17. The van der Waals surface area contributed by atoms with Crippen LogP contribution in [-0.2, 0) is 4.79 Å². The van der Waals surface area contributed by atoms with Crippen LogP contribution < -0.4 is 10.1 Å². The number of hydrogen-bond acceptors (Lipinski definition) is 3. The van der Waals surface area contributed by atoms with Crippen molar-refractivity contribution in [2.45, 2.75) is 12.8 Å². The number of rotatable bonds is 6. The predicted molar refractivity (Wildman–Crippen MR) is 113 cm³/mol. The lowest BCUT2D eigenvalue weighted by molar-refractivity contribution is -0.116. The van der Waals surface area contributed by atoms with Crippen LogP contribution in [0.2, 0.25) is 0 Å². The molecule has 0 unspecified atom stereocenters. The Balaban J connectivity index is 1.34. The molecule has 0 bridgehead atoms. The highest BCUT2D eigenvalue weighted by atomic mass is 19.2. The Kier molecular flexibility index (Phi) is 5.81. The van der Waals surface area contributed by atoms with E-state index in [-0.39, 0.29) is 18.0 Å². The zero-order chi connectivity index (χ0) is 21.1. The minimum absolute atomic E-state index is 0.223.